The predicted molar refractivity (Wildman–Crippen MR) is 86.6 cm³/mol. The van der Waals surface area contributed by atoms with Gasteiger partial charge in [-0.25, -0.2) is 0 Å². The van der Waals surface area contributed by atoms with Gasteiger partial charge in [0, 0.05) is 11.3 Å². The molecule has 1 saturated heterocycles. The summed E-state index contributed by atoms with van der Waals surface area (Å²) in [5.41, 5.74) is 1.39. The van der Waals surface area contributed by atoms with Gasteiger partial charge in [0.2, 0.25) is 0 Å². The van der Waals surface area contributed by atoms with Gasteiger partial charge in [-0.3, -0.25) is 0 Å². The molecule has 20 heavy (non-hydrogen) atoms. The molecule has 110 valence electrons. The molecule has 1 saturated carbocycles. The third-order valence-electron chi connectivity index (χ3n) is 4.06. The second-order valence-corrected chi connectivity index (χ2v) is 7.18. The summed E-state index contributed by atoms with van der Waals surface area (Å²) in [4.78, 5) is 0. The average Bonchev–Trinajstić information content (AvgIpc) is 3.30. The van der Waals surface area contributed by atoms with Gasteiger partial charge in [-0.05, 0) is 55.7 Å². The molecule has 2 fully saturated rings. The lowest BCUT2D eigenvalue weighted by Gasteiger charge is -2.31. The van der Waals surface area contributed by atoms with Crippen LogP contribution in [-0.2, 0) is 0 Å². The third-order valence-corrected chi connectivity index (χ3v) is 5.52. The molecule has 0 radical (unpaired) electrons. The zero-order valence-electron chi connectivity index (χ0n) is 12.3. The number of thioether (sulfide) groups is 1. The second kappa shape index (κ2) is 6.86. The topological polar surface area (TPSA) is 21.3 Å². The lowest BCUT2D eigenvalue weighted by molar-refractivity contribution is 0.302. The van der Waals surface area contributed by atoms with E-state index < -0.39 is 0 Å². The number of ether oxygens (including phenoxy) is 1. The molecular formula is C17H25NOS. The van der Waals surface area contributed by atoms with E-state index in [-0.39, 0.29) is 0 Å². The molecule has 0 spiro atoms. The molecule has 1 aliphatic heterocycles. The van der Waals surface area contributed by atoms with Crippen molar-refractivity contribution in [1.29, 1.82) is 0 Å². The highest BCUT2D eigenvalue weighted by molar-refractivity contribution is 8.00. The van der Waals surface area contributed by atoms with Crippen LogP contribution in [0.1, 0.15) is 50.6 Å². The summed E-state index contributed by atoms with van der Waals surface area (Å²) in [7, 11) is 0. The van der Waals surface area contributed by atoms with Crippen LogP contribution in [0.5, 0.6) is 5.75 Å². The third kappa shape index (κ3) is 3.70. The fourth-order valence-electron chi connectivity index (χ4n) is 2.87. The lowest BCUT2D eigenvalue weighted by atomic mass is 9.99. The Balaban J connectivity index is 1.74. The van der Waals surface area contributed by atoms with E-state index in [0.717, 1.165) is 12.3 Å². The van der Waals surface area contributed by atoms with Crippen molar-refractivity contribution < 1.29 is 4.74 Å². The summed E-state index contributed by atoms with van der Waals surface area (Å²) in [5, 5.41) is 4.40. The molecule has 1 aliphatic carbocycles. The molecule has 1 N–H and O–H groups in total. The van der Waals surface area contributed by atoms with Gasteiger partial charge in [0.25, 0.3) is 0 Å². The van der Waals surface area contributed by atoms with Crippen molar-refractivity contribution >= 4 is 11.8 Å². The van der Waals surface area contributed by atoms with Crippen molar-refractivity contribution in [3.8, 4) is 5.75 Å². The van der Waals surface area contributed by atoms with Crippen molar-refractivity contribution in [2.75, 3.05) is 12.3 Å². The number of hydrogen-bond acceptors (Lipinski definition) is 3. The van der Waals surface area contributed by atoms with E-state index in [2.05, 4.69) is 48.3 Å². The van der Waals surface area contributed by atoms with E-state index in [1.54, 1.807) is 0 Å². The Morgan fingerprint density at radius 3 is 2.90 bits per heavy atom. The molecule has 2 nitrogen and oxygen atoms in total. The van der Waals surface area contributed by atoms with Crippen LogP contribution in [0, 0.1) is 0 Å². The van der Waals surface area contributed by atoms with E-state index in [1.165, 1.54) is 43.4 Å². The summed E-state index contributed by atoms with van der Waals surface area (Å²) in [6.45, 7) is 3.22. The minimum atomic E-state index is 0.466. The summed E-state index contributed by atoms with van der Waals surface area (Å²) in [6.07, 6.45) is 7.00. The van der Waals surface area contributed by atoms with Gasteiger partial charge in [-0.2, -0.15) is 11.8 Å². The van der Waals surface area contributed by atoms with E-state index >= 15 is 0 Å². The van der Waals surface area contributed by atoms with Gasteiger partial charge in [-0.15, -0.1) is 0 Å². The Hall–Kier alpha value is -0.670. The molecule has 2 atom stereocenters. The Morgan fingerprint density at radius 1 is 1.30 bits per heavy atom. The molecule has 1 aromatic carbocycles. The first-order chi connectivity index (χ1) is 9.86. The van der Waals surface area contributed by atoms with Crippen molar-refractivity contribution in [1.82, 2.24) is 5.32 Å². The van der Waals surface area contributed by atoms with Gasteiger partial charge in [-0.1, -0.05) is 25.5 Å². The summed E-state index contributed by atoms with van der Waals surface area (Å²) < 4.78 is 5.95. The van der Waals surface area contributed by atoms with E-state index in [4.69, 9.17) is 4.74 Å². The largest absolute Gasteiger partial charge is 0.490 e. The van der Waals surface area contributed by atoms with Crippen LogP contribution >= 0.6 is 11.8 Å². The molecule has 1 aromatic rings. The van der Waals surface area contributed by atoms with E-state index in [1.807, 2.05) is 0 Å². The molecule has 0 bridgehead atoms. The smallest absolute Gasteiger partial charge is 0.120 e. The Morgan fingerprint density at radius 2 is 2.20 bits per heavy atom. The highest BCUT2D eigenvalue weighted by Gasteiger charge is 2.26. The number of nitrogens with one attached hydrogen (secondary N) is 1. The maximum absolute atomic E-state index is 5.95. The van der Waals surface area contributed by atoms with Crippen LogP contribution in [-0.4, -0.2) is 23.7 Å². The average molecular weight is 291 g/mol. The van der Waals surface area contributed by atoms with Crippen LogP contribution < -0.4 is 10.1 Å². The number of rotatable bonds is 6. The fraction of sp³-hybridized carbons (Fsp3) is 0.647. The Kier molecular flexibility index (Phi) is 4.90. The number of hydrogen-bond donors (Lipinski definition) is 1. The zero-order valence-corrected chi connectivity index (χ0v) is 13.1. The van der Waals surface area contributed by atoms with Crippen LogP contribution in [0.15, 0.2) is 24.3 Å². The maximum atomic E-state index is 5.95. The first-order valence-electron chi connectivity index (χ1n) is 7.98. The van der Waals surface area contributed by atoms with Gasteiger partial charge in [0.1, 0.15) is 5.75 Å². The quantitative estimate of drug-likeness (QED) is 0.850. The van der Waals surface area contributed by atoms with Gasteiger partial charge in [0.05, 0.1) is 6.10 Å². The lowest BCUT2D eigenvalue weighted by Crippen LogP contribution is -2.31. The maximum Gasteiger partial charge on any atom is 0.120 e. The minimum absolute atomic E-state index is 0.466. The van der Waals surface area contributed by atoms with Crippen molar-refractivity contribution in [2.45, 2.75) is 56.4 Å². The van der Waals surface area contributed by atoms with Gasteiger partial charge < -0.3 is 10.1 Å². The van der Waals surface area contributed by atoms with Crippen LogP contribution in [0.4, 0.5) is 0 Å². The van der Waals surface area contributed by atoms with Crippen molar-refractivity contribution in [3.63, 3.8) is 0 Å². The Labute approximate surface area is 126 Å². The van der Waals surface area contributed by atoms with Gasteiger partial charge >= 0.3 is 0 Å². The van der Waals surface area contributed by atoms with Gasteiger partial charge in [0.15, 0.2) is 0 Å². The summed E-state index contributed by atoms with van der Waals surface area (Å²) in [6, 6.07) is 9.21. The molecular weight excluding hydrogens is 266 g/mol. The van der Waals surface area contributed by atoms with Crippen LogP contribution in [0.25, 0.3) is 0 Å². The predicted octanol–water partition coefficient (Wildman–Crippen LogP) is 4.16. The first kappa shape index (κ1) is 14.3. The first-order valence-corrected chi connectivity index (χ1v) is 9.03. The molecule has 1 heterocycles. The fourth-order valence-corrected chi connectivity index (χ4v) is 4.32. The van der Waals surface area contributed by atoms with Crippen LogP contribution in [0.2, 0.25) is 0 Å². The molecule has 2 unspecified atom stereocenters. The molecule has 3 heteroatoms. The minimum Gasteiger partial charge on any atom is -0.490 e. The zero-order chi connectivity index (χ0) is 13.8. The monoisotopic (exact) mass is 291 g/mol. The molecule has 2 aliphatic rings. The highest BCUT2D eigenvalue weighted by atomic mass is 32.2. The highest BCUT2D eigenvalue weighted by Crippen LogP contribution is 2.36. The number of benzene rings is 1. The van der Waals surface area contributed by atoms with Crippen LogP contribution in [0.3, 0.4) is 0 Å². The molecule has 0 aromatic heterocycles. The summed E-state index contributed by atoms with van der Waals surface area (Å²) in [5.74, 6) is 2.36. The molecule has 0 amide bonds. The standard InChI is InChI=1S/C17H25NOS/c1-2-18-17(16-8-3-4-11-20-16)13-6-5-7-15(12-13)19-14-9-10-14/h5-7,12,14,16-18H,2-4,8-11H2,1H3. The SMILES string of the molecule is CCNC(c1cccc(OC2CC2)c1)C1CCCCS1. The molecule has 3 rings (SSSR count). The Bertz CT molecular complexity index is 427. The normalized spacial score (nSPS) is 24.4. The second-order valence-electron chi connectivity index (χ2n) is 5.83. The van der Waals surface area contributed by atoms with E-state index in [9.17, 15) is 0 Å². The summed E-state index contributed by atoms with van der Waals surface area (Å²) >= 11 is 2.13. The van der Waals surface area contributed by atoms with Crippen molar-refractivity contribution in [2.24, 2.45) is 0 Å². The van der Waals surface area contributed by atoms with E-state index in [0.29, 0.717) is 17.4 Å². The van der Waals surface area contributed by atoms with Crippen molar-refractivity contribution in [3.05, 3.63) is 29.8 Å².